The SMILES string of the molecule is Cc1ccc2[nH]c(=O)c3cc(CCO)c(=O)oc3c2c1. The summed E-state index contributed by atoms with van der Waals surface area (Å²) in [6.07, 6.45) is 0.170. The molecule has 2 aromatic heterocycles. The maximum absolute atomic E-state index is 12.1. The molecule has 5 nitrogen and oxygen atoms in total. The lowest BCUT2D eigenvalue weighted by Crippen LogP contribution is -2.14. The molecule has 20 heavy (non-hydrogen) atoms. The number of pyridine rings is 1. The molecule has 0 saturated heterocycles. The zero-order chi connectivity index (χ0) is 14.3. The summed E-state index contributed by atoms with van der Waals surface area (Å²) < 4.78 is 5.31. The molecule has 0 aliphatic carbocycles. The zero-order valence-corrected chi connectivity index (χ0v) is 10.9. The summed E-state index contributed by atoms with van der Waals surface area (Å²) in [6, 6.07) is 7.02. The molecule has 102 valence electrons. The van der Waals surface area contributed by atoms with Crippen molar-refractivity contribution in [2.24, 2.45) is 0 Å². The fourth-order valence-corrected chi connectivity index (χ4v) is 2.32. The van der Waals surface area contributed by atoms with Gasteiger partial charge in [-0.3, -0.25) is 4.79 Å². The van der Waals surface area contributed by atoms with Crippen LogP contribution in [0.5, 0.6) is 0 Å². The molecule has 3 aromatic rings. The molecule has 0 spiro atoms. The highest BCUT2D eigenvalue weighted by atomic mass is 16.4. The number of hydrogen-bond donors (Lipinski definition) is 2. The van der Waals surface area contributed by atoms with Gasteiger partial charge in [0.25, 0.3) is 5.56 Å². The van der Waals surface area contributed by atoms with Crippen LogP contribution in [0.15, 0.2) is 38.3 Å². The van der Waals surface area contributed by atoms with Gasteiger partial charge in [-0.25, -0.2) is 4.79 Å². The Hall–Kier alpha value is -2.40. The van der Waals surface area contributed by atoms with Gasteiger partial charge in [0.05, 0.1) is 10.9 Å². The van der Waals surface area contributed by atoms with Crippen molar-refractivity contribution in [3.05, 3.63) is 56.2 Å². The number of aromatic nitrogens is 1. The van der Waals surface area contributed by atoms with Gasteiger partial charge in [0.2, 0.25) is 0 Å². The van der Waals surface area contributed by atoms with Crippen LogP contribution in [0.3, 0.4) is 0 Å². The summed E-state index contributed by atoms with van der Waals surface area (Å²) in [5.74, 6) is 0. The van der Waals surface area contributed by atoms with E-state index >= 15 is 0 Å². The Morgan fingerprint density at radius 1 is 1.20 bits per heavy atom. The van der Waals surface area contributed by atoms with Gasteiger partial charge >= 0.3 is 5.63 Å². The van der Waals surface area contributed by atoms with Crippen LogP contribution in [-0.4, -0.2) is 16.7 Å². The number of aliphatic hydroxyl groups excluding tert-OH is 1. The molecule has 0 saturated carbocycles. The minimum Gasteiger partial charge on any atom is -0.422 e. The Kier molecular flexibility index (Phi) is 2.91. The predicted octanol–water partition coefficient (Wildman–Crippen LogP) is 1.48. The predicted molar refractivity (Wildman–Crippen MR) is 76.1 cm³/mol. The van der Waals surface area contributed by atoms with Gasteiger partial charge < -0.3 is 14.5 Å². The third kappa shape index (κ3) is 1.92. The molecule has 0 fully saturated rings. The largest absolute Gasteiger partial charge is 0.422 e. The van der Waals surface area contributed by atoms with Crippen LogP contribution in [0.4, 0.5) is 0 Å². The van der Waals surface area contributed by atoms with Gasteiger partial charge in [0.1, 0.15) is 0 Å². The summed E-state index contributed by atoms with van der Waals surface area (Å²) in [7, 11) is 0. The topological polar surface area (TPSA) is 83.3 Å². The highest BCUT2D eigenvalue weighted by Crippen LogP contribution is 2.21. The second-order valence-electron chi connectivity index (χ2n) is 4.78. The van der Waals surface area contributed by atoms with E-state index in [2.05, 4.69) is 4.98 Å². The Morgan fingerprint density at radius 2 is 2.00 bits per heavy atom. The Labute approximate surface area is 113 Å². The van der Waals surface area contributed by atoms with Crippen LogP contribution in [0, 0.1) is 6.92 Å². The van der Waals surface area contributed by atoms with Crippen molar-refractivity contribution in [3.63, 3.8) is 0 Å². The minimum absolute atomic E-state index is 0.166. The second kappa shape index (κ2) is 4.61. The molecule has 2 heterocycles. The summed E-state index contributed by atoms with van der Waals surface area (Å²) in [5, 5.41) is 9.95. The fourth-order valence-electron chi connectivity index (χ4n) is 2.32. The highest BCUT2D eigenvalue weighted by Gasteiger charge is 2.11. The lowest BCUT2D eigenvalue weighted by atomic mass is 10.1. The Bertz CT molecular complexity index is 921. The molecule has 0 aliphatic heterocycles. The number of nitrogens with one attached hydrogen (secondary N) is 1. The van der Waals surface area contributed by atoms with Crippen molar-refractivity contribution in [1.29, 1.82) is 0 Å². The zero-order valence-electron chi connectivity index (χ0n) is 10.9. The van der Waals surface area contributed by atoms with Gasteiger partial charge in [0.15, 0.2) is 5.58 Å². The van der Waals surface area contributed by atoms with E-state index in [-0.39, 0.29) is 18.6 Å². The average molecular weight is 271 g/mol. The number of hydrogen-bond acceptors (Lipinski definition) is 4. The second-order valence-corrected chi connectivity index (χ2v) is 4.78. The van der Waals surface area contributed by atoms with Crippen LogP contribution in [0.2, 0.25) is 0 Å². The first-order valence-electron chi connectivity index (χ1n) is 6.30. The third-order valence-corrected chi connectivity index (χ3v) is 3.31. The number of H-pyrrole nitrogens is 1. The molecule has 0 aliphatic rings. The first-order chi connectivity index (χ1) is 9.60. The van der Waals surface area contributed by atoms with Crippen molar-refractivity contribution in [3.8, 4) is 0 Å². The molecule has 1 aromatic carbocycles. The number of rotatable bonds is 2. The lowest BCUT2D eigenvalue weighted by molar-refractivity contribution is 0.298. The van der Waals surface area contributed by atoms with E-state index in [1.165, 1.54) is 6.07 Å². The van der Waals surface area contributed by atoms with Crippen LogP contribution in [0.25, 0.3) is 21.9 Å². The first kappa shape index (κ1) is 12.6. The van der Waals surface area contributed by atoms with Crippen molar-refractivity contribution in [2.75, 3.05) is 6.61 Å². The van der Waals surface area contributed by atoms with E-state index in [0.717, 1.165) is 5.56 Å². The number of fused-ring (bicyclic) bond motifs is 3. The summed E-state index contributed by atoms with van der Waals surface area (Å²) >= 11 is 0. The molecule has 0 atom stereocenters. The van der Waals surface area contributed by atoms with Crippen molar-refractivity contribution in [1.82, 2.24) is 4.98 Å². The lowest BCUT2D eigenvalue weighted by Gasteiger charge is -2.05. The molecule has 0 radical (unpaired) electrons. The van der Waals surface area contributed by atoms with E-state index < -0.39 is 5.63 Å². The molecular formula is C15H13NO4. The smallest absolute Gasteiger partial charge is 0.339 e. The monoisotopic (exact) mass is 271 g/mol. The van der Waals surface area contributed by atoms with Crippen molar-refractivity contribution < 1.29 is 9.52 Å². The van der Waals surface area contributed by atoms with Crippen molar-refractivity contribution >= 4 is 21.9 Å². The van der Waals surface area contributed by atoms with E-state index in [4.69, 9.17) is 9.52 Å². The van der Waals surface area contributed by atoms with E-state index in [9.17, 15) is 9.59 Å². The molecule has 5 heteroatoms. The van der Waals surface area contributed by atoms with Gasteiger partial charge in [-0.1, -0.05) is 11.6 Å². The van der Waals surface area contributed by atoms with E-state index in [1.807, 2.05) is 19.1 Å². The Morgan fingerprint density at radius 3 is 2.75 bits per heavy atom. The maximum atomic E-state index is 12.1. The number of aliphatic hydroxyl groups is 1. The maximum Gasteiger partial charge on any atom is 0.339 e. The fraction of sp³-hybridized carbons (Fsp3) is 0.200. The van der Waals surface area contributed by atoms with Crippen LogP contribution >= 0.6 is 0 Å². The van der Waals surface area contributed by atoms with Crippen LogP contribution < -0.4 is 11.2 Å². The summed E-state index contributed by atoms with van der Waals surface area (Å²) in [4.78, 5) is 26.7. The van der Waals surface area contributed by atoms with Gasteiger partial charge in [-0.15, -0.1) is 0 Å². The number of aromatic amines is 1. The molecule has 0 unspecified atom stereocenters. The van der Waals surface area contributed by atoms with Gasteiger partial charge in [-0.05, 0) is 25.1 Å². The van der Waals surface area contributed by atoms with Gasteiger partial charge in [-0.2, -0.15) is 0 Å². The third-order valence-electron chi connectivity index (χ3n) is 3.31. The summed E-state index contributed by atoms with van der Waals surface area (Å²) in [5.41, 5.74) is 1.41. The van der Waals surface area contributed by atoms with Gasteiger partial charge in [0, 0.05) is 24.0 Å². The molecule has 0 amide bonds. The van der Waals surface area contributed by atoms with Crippen molar-refractivity contribution in [2.45, 2.75) is 13.3 Å². The summed E-state index contributed by atoms with van der Waals surface area (Å²) in [6.45, 7) is 1.76. The molecular weight excluding hydrogens is 258 g/mol. The van der Waals surface area contributed by atoms with Crippen LogP contribution in [-0.2, 0) is 6.42 Å². The molecule has 3 rings (SSSR count). The first-order valence-corrected chi connectivity index (χ1v) is 6.30. The number of benzene rings is 1. The minimum atomic E-state index is -0.514. The van der Waals surface area contributed by atoms with E-state index in [0.29, 0.717) is 27.4 Å². The quantitative estimate of drug-likeness (QED) is 0.691. The number of aryl methyl sites for hydroxylation is 1. The Balaban J connectivity index is 2.49. The van der Waals surface area contributed by atoms with Crippen LogP contribution in [0.1, 0.15) is 11.1 Å². The molecule has 2 N–H and O–H groups in total. The average Bonchev–Trinajstić information content (AvgIpc) is 2.42. The molecule has 0 bridgehead atoms. The van der Waals surface area contributed by atoms with E-state index in [1.54, 1.807) is 6.07 Å². The normalized spacial score (nSPS) is 11.3. The standard InChI is InChI=1S/C15H13NO4/c1-8-2-3-12-10(6-8)13-11(14(18)16-12)7-9(4-5-17)15(19)20-13/h2-3,6-7,17H,4-5H2,1H3,(H,16,18). The highest BCUT2D eigenvalue weighted by molar-refractivity contribution is 6.01.